The van der Waals surface area contributed by atoms with Gasteiger partial charge in [-0.2, -0.15) is 0 Å². The summed E-state index contributed by atoms with van der Waals surface area (Å²) in [6, 6.07) is 6.81. The standard InChI is InChI=1S/C20H19BrF3N3O2/c21-13-1-2-17(18(24)3-13)20(29)11-7-25-8-12(20)10-27(9-11)19(28)26-16-5-14(22)4-15(23)6-16/h1-6,11-12,25,29H,7-10H2,(H,26,28). The van der Waals surface area contributed by atoms with Crippen LogP contribution in [-0.2, 0) is 5.60 Å². The number of nitrogens with one attached hydrogen (secondary N) is 2. The number of urea groups is 1. The maximum Gasteiger partial charge on any atom is 0.321 e. The van der Waals surface area contributed by atoms with Gasteiger partial charge in [-0.1, -0.05) is 22.0 Å². The lowest BCUT2D eigenvalue weighted by Gasteiger charge is -2.53. The highest BCUT2D eigenvalue weighted by Crippen LogP contribution is 2.44. The molecule has 29 heavy (non-hydrogen) atoms. The van der Waals surface area contributed by atoms with E-state index in [4.69, 9.17) is 0 Å². The van der Waals surface area contributed by atoms with Crippen LogP contribution in [0.1, 0.15) is 5.56 Å². The number of carbonyl (C=O) groups is 1. The largest absolute Gasteiger partial charge is 0.384 e. The van der Waals surface area contributed by atoms with Gasteiger partial charge in [-0.25, -0.2) is 18.0 Å². The molecule has 2 aromatic carbocycles. The van der Waals surface area contributed by atoms with E-state index in [0.29, 0.717) is 17.6 Å². The van der Waals surface area contributed by atoms with Crippen molar-refractivity contribution in [3.63, 3.8) is 0 Å². The maximum atomic E-state index is 14.6. The third-order valence-electron chi connectivity index (χ3n) is 5.67. The van der Waals surface area contributed by atoms with Crippen molar-refractivity contribution in [2.45, 2.75) is 5.60 Å². The number of nitrogens with zero attached hydrogens (tertiary/aromatic N) is 1. The predicted octanol–water partition coefficient (Wildman–Crippen LogP) is 3.44. The molecule has 0 spiro atoms. The van der Waals surface area contributed by atoms with Crippen LogP contribution < -0.4 is 10.6 Å². The Hall–Kier alpha value is -2.10. The van der Waals surface area contributed by atoms with Gasteiger partial charge in [-0.3, -0.25) is 0 Å². The first-order valence-electron chi connectivity index (χ1n) is 9.18. The molecule has 5 nitrogen and oxygen atoms in total. The van der Waals surface area contributed by atoms with E-state index >= 15 is 0 Å². The van der Waals surface area contributed by atoms with Gasteiger partial charge in [0.15, 0.2) is 0 Å². The van der Waals surface area contributed by atoms with E-state index in [1.54, 1.807) is 12.1 Å². The minimum atomic E-state index is -1.42. The first-order chi connectivity index (χ1) is 13.8. The number of likely N-dealkylation sites (tertiary alicyclic amines) is 1. The van der Waals surface area contributed by atoms with Gasteiger partial charge < -0.3 is 20.6 Å². The molecule has 2 fully saturated rings. The molecule has 0 aromatic heterocycles. The molecule has 2 saturated heterocycles. The van der Waals surface area contributed by atoms with Crippen molar-refractivity contribution in [2.75, 3.05) is 31.5 Å². The van der Waals surface area contributed by atoms with Crippen LogP contribution in [0, 0.1) is 29.3 Å². The molecule has 2 atom stereocenters. The summed E-state index contributed by atoms with van der Waals surface area (Å²) >= 11 is 3.22. The molecule has 0 saturated carbocycles. The number of hydrogen-bond acceptors (Lipinski definition) is 3. The summed E-state index contributed by atoms with van der Waals surface area (Å²) in [6.45, 7) is 1.14. The average molecular weight is 470 g/mol. The summed E-state index contributed by atoms with van der Waals surface area (Å²) in [5.74, 6) is -2.98. The number of piperidine rings is 2. The van der Waals surface area contributed by atoms with Crippen molar-refractivity contribution in [2.24, 2.45) is 11.8 Å². The minimum absolute atomic E-state index is 0.00979. The third kappa shape index (κ3) is 3.74. The molecule has 154 valence electrons. The molecule has 3 N–H and O–H groups in total. The zero-order valence-corrected chi connectivity index (χ0v) is 16.8. The molecule has 2 unspecified atom stereocenters. The Labute approximate surface area is 174 Å². The highest BCUT2D eigenvalue weighted by molar-refractivity contribution is 9.10. The monoisotopic (exact) mass is 469 g/mol. The smallest absolute Gasteiger partial charge is 0.321 e. The first kappa shape index (κ1) is 20.2. The van der Waals surface area contributed by atoms with Crippen LogP contribution in [0.2, 0.25) is 0 Å². The second kappa shape index (κ2) is 7.62. The lowest BCUT2D eigenvalue weighted by Crippen LogP contribution is -2.66. The van der Waals surface area contributed by atoms with E-state index in [0.717, 1.165) is 18.2 Å². The fourth-order valence-corrected chi connectivity index (χ4v) is 4.67. The Kier molecular flexibility index (Phi) is 5.30. The highest BCUT2D eigenvalue weighted by Gasteiger charge is 2.53. The zero-order chi connectivity index (χ0) is 20.8. The molecular formula is C20H19BrF3N3O2. The van der Waals surface area contributed by atoms with Gasteiger partial charge in [0.05, 0.1) is 0 Å². The topological polar surface area (TPSA) is 64.6 Å². The number of fused-ring (bicyclic) bond motifs is 2. The van der Waals surface area contributed by atoms with Crippen molar-refractivity contribution in [3.05, 3.63) is 63.9 Å². The van der Waals surface area contributed by atoms with Gasteiger partial charge in [-0.05, 0) is 24.3 Å². The van der Waals surface area contributed by atoms with Gasteiger partial charge in [0.2, 0.25) is 0 Å². The van der Waals surface area contributed by atoms with Gasteiger partial charge in [-0.15, -0.1) is 0 Å². The van der Waals surface area contributed by atoms with E-state index in [1.165, 1.54) is 11.0 Å². The van der Waals surface area contributed by atoms with Crippen LogP contribution in [-0.4, -0.2) is 42.2 Å². The normalized spacial score (nSPS) is 26.3. The Morgan fingerprint density at radius 2 is 1.72 bits per heavy atom. The summed E-state index contributed by atoms with van der Waals surface area (Å²) in [4.78, 5) is 14.2. The SMILES string of the molecule is O=C(Nc1cc(F)cc(F)c1)N1CC2CNCC(C1)C2(O)c1ccc(Br)cc1F. The van der Waals surface area contributed by atoms with E-state index in [9.17, 15) is 23.1 Å². The average Bonchev–Trinajstić information content (AvgIpc) is 2.60. The fourth-order valence-electron chi connectivity index (χ4n) is 4.34. The lowest BCUT2D eigenvalue weighted by atomic mass is 9.67. The quantitative estimate of drug-likeness (QED) is 0.631. The summed E-state index contributed by atoms with van der Waals surface area (Å²) in [5, 5.41) is 17.2. The number of benzene rings is 2. The number of aliphatic hydroxyl groups is 1. The lowest BCUT2D eigenvalue weighted by molar-refractivity contribution is -0.131. The molecule has 4 rings (SSSR count). The number of hydrogen-bond donors (Lipinski definition) is 3. The van der Waals surface area contributed by atoms with Gasteiger partial charge in [0.25, 0.3) is 0 Å². The molecule has 0 radical (unpaired) electrons. The molecule has 9 heteroatoms. The molecule has 0 aliphatic carbocycles. The Balaban J connectivity index is 1.57. The van der Waals surface area contributed by atoms with Crippen molar-refractivity contribution in [1.29, 1.82) is 0 Å². The predicted molar refractivity (Wildman–Crippen MR) is 105 cm³/mol. The Bertz CT molecular complexity index is 924. The molecule has 2 amide bonds. The second-order valence-corrected chi connectivity index (χ2v) is 8.41. The summed E-state index contributed by atoms with van der Waals surface area (Å²) < 4.78 is 42.0. The van der Waals surface area contributed by atoms with Crippen LogP contribution in [0.4, 0.5) is 23.7 Å². The van der Waals surface area contributed by atoms with Gasteiger partial charge >= 0.3 is 6.03 Å². The van der Waals surface area contributed by atoms with Crippen LogP contribution in [0.3, 0.4) is 0 Å². The molecule has 2 aliphatic heterocycles. The number of halogens is 4. The first-order valence-corrected chi connectivity index (χ1v) is 9.97. The van der Waals surface area contributed by atoms with Crippen LogP contribution in [0.5, 0.6) is 0 Å². The number of amides is 2. The van der Waals surface area contributed by atoms with Crippen LogP contribution in [0.15, 0.2) is 40.9 Å². The van der Waals surface area contributed by atoms with E-state index in [2.05, 4.69) is 26.6 Å². The van der Waals surface area contributed by atoms with Crippen LogP contribution >= 0.6 is 15.9 Å². The van der Waals surface area contributed by atoms with Crippen molar-refractivity contribution in [1.82, 2.24) is 10.2 Å². The summed E-state index contributed by atoms with van der Waals surface area (Å²) in [6.07, 6.45) is 0. The van der Waals surface area contributed by atoms with E-state index in [-0.39, 0.29) is 24.3 Å². The Morgan fingerprint density at radius 3 is 2.31 bits per heavy atom. The number of carbonyl (C=O) groups excluding carboxylic acids is 1. The molecule has 2 bridgehead atoms. The van der Waals surface area contributed by atoms with E-state index in [1.807, 2.05) is 0 Å². The highest BCUT2D eigenvalue weighted by atomic mass is 79.9. The summed E-state index contributed by atoms with van der Waals surface area (Å²) in [7, 11) is 0. The van der Waals surface area contributed by atoms with Crippen molar-refractivity contribution >= 4 is 27.6 Å². The van der Waals surface area contributed by atoms with Crippen LogP contribution in [0.25, 0.3) is 0 Å². The molecule has 2 aliphatic rings. The maximum absolute atomic E-state index is 14.6. The minimum Gasteiger partial charge on any atom is -0.384 e. The molecule has 2 heterocycles. The summed E-state index contributed by atoms with van der Waals surface area (Å²) in [5.41, 5.74) is -1.20. The van der Waals surface area contributed by atoms with E-state index < -0.39 is 40.9 Å². The van der Waals surface area contributed by atoms with Gasteiger partial charge in [0, 0.05) is 59.8 Å². The van der Waals surface area contributed by atoms with Gasteiger partial charge in [0.1, 0.15) is 23.1 Å². The zero-order valence-electron chi connectivity index (χ0n) is 15.3. The second-order valence-electron chi connectivity index (χ2n) is 7.49. The molecular weight excluding hydrogens is 451 g/mol. The number of rotatable bonds is 2. The van der Waals surface area contributed by atoms with Crippen molar-refractivity contribution < 1.29 is 23.1 Å². The fraction of sp³-hybridized carbons (Fsp3) is 0.350. The third-order valence-corrected chi connectivity index (χ3v) is 6.16. The van der Waals surface area contributed by atoms with Crippen molar-refractivity contribution in [3.8, 4) is 0 Å². The molecule has 2 aromatic rings. The Morgan fingerprint density at radius 1 is 1.10 bits per heavy atom. The number of anilines is 1.